The SMILES string of the molecule is CC(C(=O)O)C1CC[C@@H](C)C2CC=C([13CH3])CC12. The molecule has 2 heteroatoms. The van der Waals surface area contributed by atoms with Gasteiger partial charge in [0.2, 0.25) is 0 Å². The number of fused-ring (bicyclic) bond motifs is 1. The second-order valence-electron chi connectivity index (χ2n) is 6.16. The third-order valence-corrected chi connectivity index (χ3v) is 5.11. The molecular weight excluding hydrogens is 213 g/mol. The molecule has 0 saturated heterocycles. The van der Waals surface area contributed by atoms with Gasteiger partial charge in [-0.15, -0.1) is 0 Å². The van der Waals surface area contributed by atoms with Gasteiger partial charge < -0.3 is 5.11 Å². The van der Waals surface area contributed by atoms with Crippen LogP contribution in [0.1, 0.15) is 46.5 Å². The van der Waals surface area contributed by atoms with Gasteiger partial charge in [0.1, 0.15) is 0 Å². The summed E-state index contributed by atoms with van der Waals surface area (Å²) >= 11 is 0. The van der Waals surface area contributed by atoms with Crippen LogP contribution in [-0.2, 0) is 4.79 Å². The van der Waals surface area contributed by atoms with Crippen molar-refractivity contribution in [2.24, 2.45) is 29.6 Å². The summed E-state index contributed by atoms with van der Waals surface area (Å²) in [6.45, 7) is 6.43. The van der Waals surface area contributed by atoms with E-state index in [9.17, 15) is 9.90 Å². The average molecular weight is 237 g/mol. The summed E-state index contributed by atoms with van der Waals surface area (Å²) in [7, 11) is 0. The average Bonchev–Trinajstić information content (AvgIpc) is 2.28. The zero-order chi connectivity index (χ0) is 12.6. The molecule has 5 atom stereocenters. The molecule has 2 nitrogen and oxygen atoms in total. The van der Waals surface area contributed by atoms with Crippen LogP contribution in [0.4, 0.5) is 0 Å². The molecule has 0 aliphatic heterocycles. The highest BCUT2D eigenvalue weighted by Crippen LogP contribution is 2.48. The number of aliphatic carboxylic acids is 1. The van der Waals surface area contributed by atoms with Gasteiger partial charge in [-0.05, 0) is 49.9 Å². The molecule has 0 radical (unpaired) electrons. The van der Waals surface area contributed by atoms with Gasteiger partial charge >= 0.3 is 5.97 Å². The fraction of sp³-hybridized carbons (Fsp3) is 0.800. The van der Waals surface area contributed by atoms with Crippen molar-refractivity contribution >= 4 is 5.97 Å². The minimum absolute atomic E-state index is 0.180. The number of carbonyl (C=O) groups is 1. The summed E-state index contributed by atoms with van der Waals surface area (Å²) in [5.41, 5.74) is 1.46. The van der Waals surface area contributed by atoms with Gasteiger partial charge in [-0.3, -0.25) is 4.79 Å². The predicted octanol–water partition coefficient (Wildman–Crippen LogP) is 3.73. The lowest BCUT2D eigenvalue weighted by Crippen LogP contribution is -2.40. The van der Waals surface area contributed by atoms with E-state index in [4.69, 9.17) is 0 Å². The number of carboxylic acids is 1. The highest BCUT2D eigenvalue weighted by molar-refractivity contribution is 5.70. The molecule has 0 spiro atoms. The normalized spacial score (nSPS) is 39.1. The Balaban J connectivity index is 2.19. The molecule has 2 aliphatic carbocycles. The first-order chi connectivity index (χ1) is 8.00. The smallest absolute Gasteiger partial charge is 0.306 e. The molecule has 1 fully saturated rings. The second kappa shape index (κ2) is 4.83. The molecule has 96 valence electrons. The Morgan fingerprint density at radius 1 is 1.41 bits per heavy atom. The van der Waals surface area contributed by atoms with Crippen molar-refractivity contribution < 1.29 is 9.90 Å². The van der Waals surface area contributed by atoms with Crippen LogP contribution >= 0.6 is 0 Å². The zero-order valence-electron chi connectivity index (χ0n) is 11.1. The summed E-state index contributed by atoms with van der Waals surface area (Å²) in [5, 5.41) is 9.24. The molecule has 0 heterocycles. The Morgan fingerprint density at radius 3 is 2.76 bits per heavy atom. The van der Waals surface area contributed by atoms with E-state index in [0.717, 1.165) is 24.7 Å². The van der Waals surface area contributed by atoms with Gasteiger partial charge in [-0.25, -0.2) is 0 Å². The minimum atomic E-state index is -0.615. The van der Waals surface area contributed by atoms with Crippen molar-refractivity contribution in [3.05, 3.63) is 11.6 Å². The van der Waals surface area contributed by atoms with E-state index in [1.165, 1.54) is 18.4 Å². The fourth-order valence-electron chi connectivity index (χ4n) is 3.93. The zero-order valence-corrected chi connectivity index (χ0v) is 11.1. The van der Waals surface area contributed by atoms with Crippen LogP contribution in [0.3, 0.4) is 0 Å². The van der Waals surface area contributed by atoms with Gasteiger partial charge in [-0.2, -0.15) is 0 Å². The Bertz CT molecular complexity index is 332. The summed E-state index contributed by atoms with van der Waals surface area (Å²) in [6.07, 6.45) is 6.96. The van der Waals surface area contributed by atoms with E-state index < -0.39 is 5.97 Å². The van der Waals surface area contributed by atoms with Crippen LogP contribution in [0.25, 0.3) is 0 Å². The van der Waals surface area contributed by atoms with Gasteiger partial charge in [0.25, 0.3) is 0 Å². The topological polar surface area (TPSA) is 37.3 Å². The Morgan fingerprint density at radius 2 is 2.12 bits per heavy atom. The van der Waals surface area contributed by atoms with Crippen molar-refractivity contribution in [1.82, 2.24) is 0 Å². The van der Waals surface area contributed by atoms with Crippen LogP contribution in [0.2, 0.25) is 0 Å². The lowest BCUT2D eigenvalue weighted by atomic mass is 9.59. The lowest BCUT2D eigenvalue weighted by molar-refractivity contribution is -0.145. The molecule has 1 saturated carbocycles. The number of rotatable bonds is 2. The van der Waals surface area contributed by atoms with Crippen molar-refractivity contribution in [2.75, 3.05) is 0 Å². The van der Waals surface area contributed by atoms with E-state index in [1.807, 2.05) is 6.92 Å². The van der Waals surface area contributed by atoms with E-state index in [-0.39, 0.29) is 5.92 Å². The van der Waals surface area contributed by atoms with Gasteiger partial charge in [0.15, 0.2) is 0 Å². The van der Waals surface area contributed by atoms with Crippen LogP contribution in [-0.4, -0.2) is 11.1 Å². The van der Waals surface area contributed by atoms with Crippen molar-refractivity contribution in [1.29, 1.82) is 0 Å². The maximum absolute atomic E-state index is 11.2. The number of hydrogen-bond acceptors (Lipinski definition) is 1. The molecule has 0 amide bonds. The van der Waals surface area contributed by atoms with Crippen molar-refractivity contribution in [3.63, 3.8) is 0 Å². The fourth-order valence-corrected chi connectivity index (χ4v) is 3.93. The Labute approximate surface area is 104 Å². The molecule has 0 aromatic rings. The standard InChI is InChI=1S/C15H24O2/c1-9-4-6-12-10(2)5-7-13(14(12)8-9)11(3)15(16)17/h4,10-14H,5-8H2,1-3H3,(H,16,17)/t10-,11?,12?,13?,14?/m1/s1/i1+1. The van der Waals surface area contributed by atoms with Crippen LogP contribution in [0.15, 0.2) is 11.6 Å². The molecule has 0 aromatic heterocycles. The monoisotopic (exact) mass is 237 g/mol. The summed E-state index contributed by atoms with van der Waals surface area (Å²) in [5.74, 6) is 1.68. The molecular formula is C15H24O2. The number of carboxylic acid groups (broad SMARTS) is 1. The first-order valence-corrected chi connectivity index (χ1v) is 6.89. The third-order valence-electron chi connectivity index (χ3n) is 5.11. The molecule has 0 aromatic carbocycles. The number of allylic oxidation sites excluding steroid dienone is 2. The first-order valence-electron chi connectivity index (χ1n) is 6.89. The maximum atomic E-state index is 11.2. The summed E-state index contributed by atoms with van der Waals surface area (Å²) < 4.78 is 0. The second-order valence-corrected chi connectivity index (χ2v) is 6.16. The highest BCUT2D eigenvalue weighted by atomic mass is 16.4. The molecule has 2 rings (SSSR count). The van der Waals surface area contributed by atoms with E-state index in [1.54, 1.807) is 0 Å². The first kappa shape index (κ1) is 12.7. The molecule has 1 N–H and O–H groups in total. The molecule has 4 unspecified atom stereocenters. The quantitative estimate of drug-likeness (QED) is 0.587. The largest absolute Gasteiger partial charge is 0.481 e. The van der Waals surface area contributed by atoms with E-state index in [0.29, 0.717) is 11.8 Å². The highest BCUT2D eigenvalue weighted by Gasteiger charge is 2.42. The van der Waals surface area contributed by atoms with Crippen LogP contribution < -0.4 is 0 Å². The lowest BCUT2D eigenvalue weighted by Gasteiger charge is -2.45. The van der Waals surface area contributed by atoms with Crippen molar-refractivity contribution in [3.8, 4) is 0 Å². The van der Waals surface area contributed by atoms with Gasteiger partial charge in [0, 0.05) is 0 Å². The Hall–Kier alpha value is -0.790. The third kappa shape index (κ3) is 2.41. The van der Waals surface area contributed by atoms with Crippen LogP contribution in [0, 0.1) is 29.6 Å². The van der Waals surface area contributed by atoms with E-state index >= 15 is 0 Å². The van der Waals surface area contributed by atoms with Crippen LogP contribution in [0.5, 0.6) is 0 Å². The number of hydrogen-bond donors (Lipinski definition) is 1. The predicted molar refractivity (Wildman–Crippen MR) is 68.7 cm³/mol. The molecule has 0 bridgehead atoms. The molecule has 2 aliphatic rings. The maximum Gasteiger partial charge on any atom is 0.306 e. The van der Waals surface area contributed by atoms with Gasteiger partial charge in [-0.1, -0.05) is 31.9 Å². The Kier molecular flexibility index (Phi) is 3.60. The summed E-state index contributed by atoms with van der Waals surface area (Å²) in [6, 6.07) is 0. The summed E-state index contributed by atoms with van der Waals surface area (Å²) in [4.78, 5) is 11.2. The minimum Gasteiger partial charge on any atom is -0.481 e. The molecule has 17 heavy (non-hydrogen) atoms. The van der Waals surface area contributed by atoms with E-state index in [2.05, 4.69) is 19.9 Å². The van der Waals surface area contributed by atoms with Gasteiger partial charge in [0.05, 0.1) is 5.92 Å². The van der Waals surface area contributed by atoms with Crippen molar-refractivity contribution in [2.45, 2.75) is 46.5 Å².